The van der Waals surface area contributed by atoms with Gasteiger partial charge in [0.2, 0.25) is 0 Å². The predicted octanol–water partition coefficient (Wildman–Crippen LogP) is 3.93. The summed E-state index contributed by atoms with van der Waals surface area (Å²) in [4.78, 5) is 25.8. The average Bonchev–Trinajstić information content (AvgIpc) is 2.59. The molecule has 25 heavy (non-hydrogen) atoms. The van der Waals surface area contributed by atoms with E-state index in [0.717, 1.165) is 21.8 Å². The number of aliphatic carboxylic acids is 1. The van der Waals surface area contributed by atoms with Crippen molar-refractivity contribution >= 4 is 35.3 Å². The molecule has 2 amide bonds. The van der Waals surface area contributed by atoms with Crippen molar-refractivity contribution in [3.05, 3.63) is 48.0 Å². The molecule has 0 fully saturated rings. The van der Waals surface area contributed by atoms with Crippen LogP contribution in [0.2, 0.25) is 0 Å². The monoisotopic (exact) mass is 358 g/mol. The number of nitrogens with zero attached hydrogens (tertiary/aromatic N) is 2. The second-order valence-corrected chi connectivity index (χ2v) is 6.67. The van der Waals surface area contributed by atoms with Crippen molar-refractivity contribution in [1.82, 2.24) is 0 Å². The third kappa shape index (κ3) is 3.71. The molecule has 2 aromatic carbocycles. The highest BCUT2D eigenvalue weighted by atomic mass is 32.2. The lowest BCUT2D eigenvalue weighted by Crippen LogP contribution is -2.40. The summed E-state index contributed by atoms with van der Waals surface area (Å²) >= 11 is 1.36. The number of hydrogen-bond acceptors (Lipinski definition) is 4. The molecule has 0 aromatic heterocycles. The van der Waals surface area contributed by atoms with Crippen LogP contribution in [0.1, 0.15) is 12.0 Å². The zero-order valence-corrected chi connectivity index (χ0v) is 14.7. The quantitative estimate of drug-likeness (QED) is 0.820. The Morgan fingerprint density at radius 2 is 1.92 bits per heavy atom. The van der Waals surface area contributed by atoms with E-state index in [2.05, 4.69) is 0 Å². The van der Waals surface area contributed by atoms with Gasteiger partial charge in [0.05, 0.1) is 29.3 Å². The molecule has 1 aliphatic rings. The summed E-state index contributed by atoms with van der Waals surface area (Å²) < 4.78 is 7.10. The van der Waals surface area contributed by atoms with E-state index in [1.165, 1.54) is 11.9 Å². The topological polar surface area (TPSA) is 70.1 Å². The molecule has 1 N–H and O–H groups in total. The summed E-state index contributed by atoms with van der Waals surface area (Å²) in [5.74, 6) is -0.362. The van der Waals surface area contributed by atoms with E-state index in [1.807, 2.05) is 37.3 Å². The van der Waals surface area contributed by atoms with Gasteiger partial charge >= 0.3 is 12.0 Å². The smallest absolute Gasteiger partial charge is 0.339 e. The second-order valence-electron chi connectivity index (χ2n) is 5.68. The van der Waals surface area contributed by atoms with Crippen LogP contribution in [0, 0.1) is 6.92 Å². The van der Waals surface area contributed by atoms with Gasteiger partial charge in [0.1, 0.15) is 5.75 Å². The van der Waals surface area contributed by atoms with Crippen LogP contribution in [0.15, 0.2) is 47.4 Å². The standard InChI is InChI=1S/C18H18N2O4S/c1-12-3-5-13(6-4-12)20-18(23)19(2)15-11-14(7-8-16(15)25-20)24-10-9-17(21)22/h3-8,11H,9-10H2,1-2H3,(H,21,22). The molecule has 6 nitrogen and oxygen atoms in total. The molecule has 2 aromatic rings. The minimum Gasteiger partial charge on any atom is -0.493 e. The molecule has 7 heteroatoms. The minimum atomic E-state index is -0.908. The second kappa shape index (κ2) is 7.06. The number of carbonyl (C=O) groups excluding carboxylic acids is 1. The van der Waals surface area contributed by atoms with Gasteiger partial charge in [-0.3, -0.25) is 9.69 Å². The van der Waals surface area contributed by atoms with Crippen molar-refractivity contribution in [3.63, 3.8) is 0 Å². The van der Waals surface area contributed by atoms with Crippen LogP contribution < -0.4 is 13.9 Å². The molecule has 0 saturated carbocycles. The number of rotatable bonds is 5. The summed E-state index contributed by atoms with van der Waals surface area (Å²) in [6, 6.07) is 13.0. The summed E-state index contributed by atoms with van der Waals surface area (Å²) in [5.41, 5.74) is 2.70. The maximum Gasteiger partial charge on any atom is 0.339 e. The largest absolute Gasteiger partial charge is 0.493 e. The number of ether oxygens (including phenoxy) is 1. The van der Waals surface area contributed by atoms with Gasteiger partial charge < -0.3 is 9.84 Å². The molecule has 0 unspecified atom stereocenters. The molecule has 1 aliphatic heterocycles. The number of hydrogen-bond donors (Lipinski definition) is 1. The van der Waals surface area contributed by atoms with E-state index in [9.17, 15) is 9.59 Å². The van der Waals surface area contributed by atoms with Gasteiger partial charge in [-0.05, 0) is 43.1 Å². The summed E-state index contributed by atoms with van der Waals surface area (Å²) in [6.07, 6.45) is -0.0677. The molecule has 3 rings (SSSR count). The number of carboxylic acid groups (broad SMARTS) is 1. The van der Waals surface area contributed by atoms with E-state index in [1.54, 1.807) is 28.4 Å². The molecular weight excluding hydrogens is 340 g/mol. The Bertz CT molecular complexity index is 807. The maximum atomic E-state index is 12.7. The van der Waals surface area contributed by atoms with Gasteiger partial charge in [0.25, 0.3) is 0 Å². The number of amides is 2. The molecule has 0 radical (unpaired) electrons. The fourth-order valence-electron chi connectivity index (χ4n) is 2.40. The van der Waals surface area contributed by atoms with Gasteiger partial charge in [-0.25, -0.2) is 9.10 Å². The highest BCUT2D eigenvalue weighted by Crippen LogP contribution is 2.42. The Morgan fingerprint density at radius 3 is 2.60 bits per heavy atom. The van der Waals surface area contributed by atoms with Crippen LogP contribution in [-0.2, 0) is 4.79 Å². The average molecular weight is 358 g/mol. The van der Waals surface area contributed by atoms with Gasteiger partial charge in [-0.1, -0.05) is 17.7 Å². The predicted molar refractivity (Wildman–Crippen MR) is 97.5 cm³/mol. The highest BCUT2D eigenvalue weighted by Gasteiger charge is 2.30. The lowest BCUT2D eigenvalue weighted by atomic mass is 10.2. The molecule has 0 saturated heterocycles. The zero-order chi connectivity index (χ0) is 18.0. The summed E-state index contributed by atoms with van der Waals surface area (Å²) in [7, 11) is 1.71. The van der Waals surface area contributed by atoms with Crippen molar-refractivity contribution in [2.24, 2.45) is 0 Å². The van der Waals surface area contributed by atoms with Crippen molar-refractivity contribution in [3.8, 4) is 5.75 Å². The van der Waals surface area contributed by atoms with Crippen LogP contribution in [0.4, 0.5) is 16.2 Å². The number of urea groups is 1. The Balaban J connectivity index is 1.82. The number of carbonyl (C=O) groups is 2. The Labute approximate surface area is 150 Å². The summed E-state index contributed by atoms with van der Waals surface area (Å²) in [6.45, 7) is 2.09. The van der Waals surface area contributed by atoms with Crippen molar-refractivity contribution in [1.29, 1.82) is 0 Å². The third-order valence-corrected chi connectivity index (χ3v) is 4.89. The van der Waals surface area contributed by atoms with Crippen molar-refractivity contribution < 1.29 is 19.4 Å². The van der Waals surface area contributed by atoms with Crippen LogP contribution in [0.5, 0.6) is 5.75 Å². The molecule has 0 spiro atoms. The summed E-state index contributed by atoms with van der Waals surface area (Å²) in [5, 5.41) is 8.67. The molecule has 0 bridgehead atoms. The first kappa shape index (κ1) is 17.2. The van der Waals surface area contributed by atoms with Crippen molar-refractivity contribution in [2.75, 3.05) is 22.9 Å². The lowest BCUT2D eigenvalue weighted by Gasteiger charge is -2.33. The fourth-order valence-corrected chi connectivity index (χ4v) is 3.45. The number of fused-ring (bicyclic) bond motifs is 1. The molecule has 130 valence electrons. The minimum absolute atomic E-state index is 0.0677. The maximum absolute atomic E-state index is 12.7. The van der Waals surface area contributed by atoms with Gasteiger partial charge in [-0.2, -0.15) is 0 Å². The zero-order valence-electron chi connectivity index (χ0n) is 13.9. The Morgan fingerprint density at radius 1 is 1.20 bits per heavy atom. The lowest BCUT2D eigenvalue weighted by molar-refractivity contribution is -0.137. The first-order valence-corrected chi connectivity index (χ1v) is 8.54. The Hall–Kier alpha value is -2.67. The molecule has 0 atom stereocenters. The first-order valence-electron chi connectivity index (χ1n) is 7.77. The van der Waals surface area contributed by atoms with E-state index in [-0.39, 0.29) is 19.1 Å². The van der Waals surface area contributed by atoms with Gasteiger partial charge in [0.15, 0.2) is 0 Å². The number of anilines is 2. The van der Waals surface area contributed by atoms with Gasteiger partial charge in [0, 0.05) is 13.1 Å². The fraction of sp³-hybridized carbons (Fsp3) is 0.222. The number of aryl methyl sites for hydroxylation is 1. The van der Waals surface area contributed by atoms with Crippen LogP contribution in [0.25, 0.3) is 0 Å². The van der Waals surface area contributed by atoms with Gasteiger partial charge in [-0.15, -0.1) is 0 Å². The number of carboxylic acids is 1. The highest BCUT2D eigenvalue weighted by molar-refractivity contribution is 8.01. The normalized spacial score (nSPS) is 13.6. The van der Waals surface area contributed by atoms with E-state index < -0.39 is 5.97 Å². The SMILES string of the molecule is Cc1ccc(N2Sc3ccc(OCCC(=O)O)cc3N(C)C2=O)cc1. The van der Waals surface area contributed by atoms with Crippen LogP contribution >= 0.6 is 11.9 Å². The van der Waals surface area contributed by atoms with E-state index >= 15 is 0 Å². The molecule has 0 aliphatic carbocycles. The third-order valence-electron chi connectivity index (χ3n) is 3.80. The van der Waals surface area contributed by atoms with Crippen LogP contribution in [-0.4, -0.2) is 30.8 Å². The molecule has 1 heterocycles. The van der Waals surface area contributed by atoms with Crippen LogP contribution in [0.3, 0.4) is 0 Å². The van der Waals surface area contributed by atoms with E-state index in [0.29, 0.717) is 5.75 Å². The number of benzene rings is 2. The Kier molecular flexibility index (Phi) is 4.85. The van der Waals surface area contributed by atoms with Crippen molar-refractivity contribution in [2.45, 2.75) is 18.2 Å². The van der Waals surface area contributed by atoms with E-state index in [4.69, 9.17) is 9.84 Å². The first-order chi connectivity index (χ1) is 12.0. The molecular formula is C18H18N2O4S.